The summed E-state index contributed by atoms with van der Waals surface area (Å²) in [4.78, 5) is 38.9. The molecule has 1 N–H and O–H groups in total. The number of aryl methyl sites for hydroxylation is 4. The Kier molecular flexibility index (Phi) is 5.55. The second-order valence-electron chi connectivity index (χ2n) is 8.23. The number of carbonyl (C=O) groups is 2. The van der Waals surface area contributed by atoms with Crippen LogP contribution in [0.4, 0.5) is 17.1 Å². The van der Waals surface area contributed by atoms with E-state index in [2.05, 4.69) is 5.32 Å². The van der Waals surface area contributed by atoms with Crippen molar-refractivity contribution in [2.24, 2.45) is 0 Å². The SMILES string of the molecule is Cc1ccc(N2C(=O)C(Nc3cc(C)ccc3C)=C(c3ccc([N+](=O)[O-])cc3)C2=O)c(C)c1. The quantitative estimate of drug-likeness (QED) is 0.333. The third kappa shape index (κ3) is 4.01. The second-order valence-corrected chi connectivity index (χ2v) is 8.23. The number of nitrogens with zero attached hydrogens (tertiary/aromatic N) is 2. The number of hydrogen-bond acceptors (Lipinski definition) is 5. The smallest absolute Gasteiger partial charge is 0.282 e. The molecular weight excluding hydrogens is 418 g/mol. The van der Waals surface area contributed by atoms with Gasteiger partial charge in [-0.1, -0.05) is 29.8 Å². The zero-order valence-corrected chi connectivity index (χ0v) is 18.8. The van der Waals surface area contributed by atoms with Crippen LogP contribution in [0.25, 0.3) is 5.57 Å². The van der Waals surface area contributed by atoms with Crippen LogP contribution < -0.4 is 10.2 Å². The summed E-state index contributed by atoms with van der Waals surface area (Å²) in [6.07, 6.45) is 0. The van der Waals surface area contributed by atoms with Crippen molar-refractivity contribution >= 4 is 34.4 Å². The molecule has 0 atom stereocenters. The monoisotopic (exact) mass is 441 g/mol. The van der Waals surface area contributed by atoms with E-state index >= 15 is 0 Å². The number of hydrogen-bond donors (Lipinski definition) is 1. The highest BCUT2D eigenvalue weighted by Gasteiger charge is 2.41. The topological polar surface area (TPSA) is 92.6 Å². The van der Waals surface area contributed by atoms with Gasteiger partial charge in [-0.2, -0.15) is 0 Å². The Bertz CT molecular complexity index is 1340. The van der Waals surface area contributed by atoms with E-state index in [1.807, 2.05) is 58.0 Å². The largest absolute Gasteiger partial charge is 0.350 e. The Hall–Kier alpha value is -4.26. The number of rotatable bonds is 5. The molecule has 0 bridgehead atoms. The number of nitrogens with one attached hydrogen (secondary N) is 1. The van der Waals surface area contributed by atoms with Gasteiger partial charge in [-0.15, -0.1) is 0 Å². The minimum absolute atomic E-state index is 0.0913. The van der Waals surface area contributed by atoms with Crippen LogP contribution in [0.5, 0.6) is 0 Å². The van der Waals surface area contributed by atoms with Gasteiger partial charge in [0.25, 0.3) is 17.5 Å². The number of nitro benzene ring substituents is 1. The number of imide groups is 1. The molecule has 0 radical (unpaired) electrons. The lowest BCUT2D eigenvalue weighted by atomic mass is 10.0. The van der Waals surface area contributed by atoms with E-state index in [0.717, 1.165) is 22.3 Å². The lowest BCUT2D eigenvalue weighted by molar-refractivity contribution is -0.384. The van der Waals surface area contributed by atoms with Crippen molar-refractivity contribution in [3.8, 4) is 0 Å². The third-order valence-electron chi connectivity index (χ3n) is 5.70. The summed E-state index contributed by atoms with van der Waals surface area (Å²) < 4.78 is 0. The first-order valence-corrected chi connectivity index (χ1v) is 10.5. The van der Waals surface area contributed by atoms with Crippen LogP contribution in [-0.4, -0.2) is 16.7 Å². The van der Waals surface area contributed by atoms with Gasteiger partial charge in [0.15, 0.2) is 0 Å². The van der Waals surface area contributed by atoms with Crippen LogP contribution in [0.15, 0.2) is 66.4 Å². The molecule has 0 aromatic heterocycles. The van der Waals surface area contributed by atoms with Gasteiger partial charge in [-0.05, 0) is 74.2 Å². The number of carbonyl (C=O) groups excluding carboxylic acids is 2. The summed E-state index contributed by atoms with van der Waals surface area (Å²) in [5.74, 6) is -0.949. The van der Waals surface area contributed by atoms with E-state index in [1.165, 1.54) is 29.2 Å². The van der Waals surface area contributed by atoms with E-state index in [-0.39, 0.29) is 17.0 Å². The first kappa shape index (κ1) is 22.0. The van der Waals surface area contributed by atoms with E-state index in [1.54, 1.807) is 6.07 Å². The van der Waals surface area contributed by atoms with Gasteiger partial charge in [0.2, 0.25) is 0 Å². The van der Waals surface area contributed by atoms with Crippen LogP contribution in [-0.2, 0) is 9.59 Å². The van der Waals surface area contributed by atoms with Crippen LogP contribution in [0.3, 0.4) is 0 Å². The Labute approximate surface area is 191 Å². The number of amides is 2. The van der Waals surface area contributed by atoms with Gasteiger partial charge >= 0.3 is 0 Å². The molecule has 0 saturated carbocycles. The normalized spacial score (nSPS) is 13.6. The number of benzene rings is 3. The second kappa shape index (κ2) is 8.35. The third-order valence-corrected chi connectivity index (χ3v) is 5.70. The standard InChI is InChI=1S/C26H23N3O4/c1-15-6-12-22(18(4)13-15)28-25(30)23(19-8-10-20(11-9-19)29(32)33)24(26(28)31)27-21-14-16(2)5-7-17(21)3/h5-14,27H,1-4H3. The van der Waals surface area contributed by atoms with E-state index in [0.29, 0.717) is 16.9 Å². The van der Waals surface area contributed by atoms with Crippen LogP contribution in [0.1, 0.15) is 27.8 Å². The summed E-state index contributed by atoms with van der Waals surface area (Å²) in [7, 11) is 0. The van der Waals surface area contributed by atoms with Crippen LogP contribution in [0.2, 0.25) is 0 Å². The molecule has 4 rings (SSSR count). The van der Waals surface area contributed by atoms with Gasteiger partial charge < -0.3 is 5.32 Å². The lowest BCUT2D eigenvalue weighted by Gasteiger charge is -2.18. The predicted molar refractivity (Wildman–Crippen MR) is 128 cm³/mol. The molecule has 7 nitrogen and oxygen atoms in total. The molecule has 3 aromatic rings. The lowest BCUT2D eigenvalue weighted by Crippen LogP contribution is -2.33. The van der Waals surface area contributed by atoms with Crippen molar-refractivity contribution in [3.63, 3.8) is 0 Å². The Balaban J connectivity index is 1.86. The summed E-state index contributed by atoms with van der Waals surface area (Å²) in [5, 5.41) is 14.3. The molecule has 0 unspecified atom stereocenters. The van der Waals surface area contributed by atoms with Crippen molar-refractivity contribution in [3.05, 3.63) is 104 Å². The van der Waals surface area contributed by atoms with Gasteiger partial charge in [-0.3, -0.25) is 19.7 Å². The molecule has 7 heteroatoms. The molecular formula is C26H23N3O4. The highest BCUT2D eigenvalue weighted by Crippen LogP contribution is 2.36. The van der Waals surface area contributed by atoms with Gasteiger partial charge in [-0.25, -0.2) is 4.90 Å². The Morgan fingerprint density at radius 2 is 1.42 bits per heavy atom. The maximum absolute atomic E-state index is 13.6. The summed E-state index contributed by atoms with van der Waals surface area (Å²) in [5.41, 5.74) is 5.62. The zero-order chi connectivity index (χ0) is 23.9. The molecule has 0 spiro atoms. The van der Waals surface area contributed by atoms with E-state index in [4.69, 9.17) is 0 Å². The van der Waals surface area contributed by atoms with Gasteiger partial charge in [0, 0.05) is 17.8 Å². The fourth-order valence-electron chi connectivity index (χ4n) is 3.94. The highest BCUT2D eigenvalue weighted by molar-refractivity contribution is 6.46. The molecule has 3 aromatic carbocycles. The minimum Gasteiger partial charge on any atom is -0.350 e. The molecule has 1 aliphatic heterocycles. The molecule has 0 saturated heterocycles. The molecule has 2 amide bonds. The number of anilines is 2. The van der Waals surface area contributed by atoms with Crippen molar-refractivity contribution < 1.29 is 14.5 Å². The fourth-order valence-corrected chi connectivity index (χ4v) is 3.94. The maximum atomic E-state index is 13.6. The van der Waals surface area contributed by atoms with Crippen molar-refractivity contribution in [1.82, 2.24) is 0 Å². The molecule has 0 aliphatic carbocycles. The minimum atomic E-state index is -0.503. The molecule has 166 valence electrons. The molecule has 33 heavy (non-hydrogen) atoms. The summed E-state index contributed by atoms with van der Waals surface area (Å²) >= 11 is 0. The predicted octanol–water partition coefficient (Wildman–Crippen LogP) is 5.23. The van der Waals surface area contributed by atoms with Gasteiger partial charge in [0.05, 0.1) is 16.2 Å². The van der Waals surface area contributed by atoms with E-state index < -0.39 is 16.7 Å². The van der Waals surface area contributed by atoms with E-state index in [9.17, 15) is 19.7 Å². The van der Waals surface area contributed by atoms with Crippen molar-refractivity contribution in [1.29, 1.82) is 0 Å². The van der Waals surface area contributed by atoms with Crippen LogP contribution in [0, 0.1) is 37.8 Å². The zero-order valence-electron chi connectivity index (χ0n) is 18.8. The molecule has 1 heterocycles. The number of non-ortho nitro benzene ring substituents is 1. The molecule has 1 aliphatic rings. The highest BCUT2D eigenvalue weighted by atomic mass is 16.6. The summed E-state index contributed by atoms with van der Waals surface area (Å²) in [6, 6.07) is 17.0. The van der Waals surface area contributed by atoms with Crippen molar-refractivity contribution in [2.45, 2.75) is 27.7 Å². The Morgan fingerprint density at radius 3 is 2.06 bits per heavy atom. The Morgan fingerprint density at radius 1 is 0.788 bits per heavy atom. The van der Waals surface area contributed by atoms with Crippen molar-refractivity contribution in [2.75, 3.05) is 10.2 Å². The first-order chi connectivity index (χ1) is 15.7. The average Bonchev–Trinajstić information content (AvgIpc) is 3.00. The fraction of sp³-hybridized carbons (Fsp3) is 0.154. The molecule has 0 fully saturated rings. The number of nitro groups is 1. The van der Waals surface area contributed by atoms with Crippen LogP contribution >= 0.6 is 0 Å². The maximum Gasteiger partial charge on any atom is 0.282 e. The first-order valence-electron chi connectivity index (χ1n) is 10.5. The van der Waals surface area contributed by atoms with Gasteiger partial charge in [0.1, 0.15) is 5.70 Å². The average molecular weight is 441 g/mol. The summed E-state index contributed by atoms with van der Waals surface area (Å²) in [6.45, 7) is 7.65.